The van der Waals surface area contributed by atoms with Crippen LogP contribution < -0.4 is 0 Å². The summed E-state index contributed by atoms with van der Waals surface area (Å²) < 4.78 is 0. The number of hydrogen-bond donors (Lipinski definition) is 2. The Balaban J connectivity index is 1.21. The molecule has 0 aliphatic heterocycles. The van der Waals surface area contributed by atoms with Crippen molar-refractivity contribution in [1.82, 2.24) is 0 Å². The Morgan fingerprint density at radius 1 is 0.619 bits per heavy atom. The van der Waals surface area contributed by atoms with Crippen LogP contribution in [0.2, 0.25) is 0 Å². The summed E-state index contributed by atoms with van der Waals surface area (Å²) in [6, 6.07) is 0. The first kappa shape index (κ1) is 28.5. The van der Waals surface area contributed by atoms with Gasteiger partial charge < -0.3 is 10.2 Å². The summed E-state index contributed by atoms with van der Waals surface area (Å²) in [5, 5.41) is 22.1. The lowest BCUT2D eigenvalue weighted by Crippen LogP contribution is -2.60. The highest BCUT2D eigenvalue weighted by atomic mass is 16.3. The van der Waals surface area contributed by atoms with Crippen LogP contribution in [0.4, 0.5) is 0 Å². The second-order valence-electron chi connectivity index (χ2n) is 18.0. The third-order valence-corrected chi connectivity index (χ3v) is 17.2. The topological polar surface area (TPSA) is 74.6 Å². The third-order valence-electron chi connectivity index (χ3n) is 17.2. The molecule has 4 heteroatoms. The van der Waals surface area contributed by atoms with Gasteiger partial charge >= 0.3 is 0 Å². The number of ketones is 2. The van der Waals surface area contributed by atoms with Crippen LogP contribution >= 0.6 is 0 Å². The average molecular weight is 577 g/mol. The first-order valence-electron chi connectivity index (χ1n) is 18.0. The fourth-order valence-corrected chi connectivity index (χ4v) is 14.8. The Bertz CT molecular complexity index is 1210. The summed E-state index contributed by atoms with van der Waals surface area (Å²) in [6.07, 6.45) is 17.2. The molecule has 0 bridgehead atoms. The van der Waals surface area contributed by atoms with Gasteiger partial charge in [0.25, 0.3) is 0 Å². The minimum absolute atomic E-state index is 0.0266. The molecule has 8 aliphatic rings. The van der Waals surface area contributed by atoms with Crippen LogP contribution in [0, 0.1) is 74.9 Å². The Morgan fingerprint density at radius 2 is 1.19 bits per heavy atom. The molecule has 2 N–H and O–H groups in total. The molecule has 0 saturated heterocycles. The van der Waals surface area contributed by atoms with E-state index in [0.29, 0.717) is 71.8 Å². The molecule has 7 saturated carbocycles. The van der Waals surface area contributed by atoms with Gasteiger partial charge in [-0.2, -0.15) is 0 Å². The third kappa shape index (κ3) is 3.49. The van der Waals surface area contributed by atoms with E-state index in [4.69, 9.17) is 0 Å². The highest BCUT2D eigenvalue weighted by molar-refractivity contribution is 5.92. The quantitative estimate of drug-likeness (QED) is 0.343. The number of fused-ring (bicyclic) bond motifs is 10. The predicted octanol–water partition coefficient (Wildman–Crippen LogP) is 7.30. The molecule has 232 valence electrons. The van der Waals surface area contributed by atoms with E-state index in [1.54, 1.807) is 0 Å². The Labute approximate surface area is 253 Å². The molecular weight excluding hydrogens is 520 g/mol. The lowest BCUT2D eigenvalue weighted by molar-refractivity contribution is -0.160. The molecule has 0 spiro atoms. The normalized spacial score (nSPS) is 58.6. The van der Waals surface area contributed by atoms with E-state index < -0.39 is 0 Å². The van der Waals surface area contributed by atoms with Crippen molar-refractivity contribution in [1.29, 1.82) is 0 Å². The summed E-state index contributed by atoms with van der Waals surface area (Å²) in [5.74, 6) is 5.29. The maximum Gasteiger partial charge on any atom is 0.155 e. The summed E-state index contributed by atoms with van der Waals surface area (Å²) in [7, 11) is 0. The zero-order chi connectivity index (χ0) is 29.4. The minimum Gasteiger partial charge on any atom is -0.393 e. The van der Waals surface area contributed by atoms with Crippen LogP contribution in [0.3, 0.4) is 0 Å². The van der Waals surface area contributed by atoms with E-state index in [-0.39, 0.29) is 39.8 Å². The van der Waals surface area contributed by atoms with Gasteiger partial charge in [-0.1, -0.05) is 33.3 Å². The van der Waals surface area contributed by atoms with E-state index in [0.717, 1.165) is 70.6 Å². The average Bonchev–Trinajstić information content (AvgIpc) is 3.43. The van der Waals surface area contributed by atoms with Gasteiger partial charge in [0.2, 0.25) is 0 Å². The lowest BCUT2D eigenvalue weighted by atomic mass is 9.38. The second-order valence-corrected chi connectivity index (χ2v) is 18.0. The van der Waals surface area contributed by atoms with Crippen molar-refractivity contribution >= 4 is 11.6 Å². The van der Waals surface area contributed by atoms with Crippen molar-refractivity contribution in [2.75, 3.05) is 0 Å². The molecule has 0 aromatic heterocycles. The lowest BCUT2D eigenvalue weighted by Gasteiger charge is -2.66. The number of Topliss-reactive ketones (excluding diaryl/α,β-unsaturated/α-hetero) is 1. The Kier molecular flexibility index (Phi) is 6.29. The molecule has 7 fully saturated rings. The molecule has 0 aromatic carbocycles. The van der Waals surface area contributed by atoms with Gasteiger partial charge in [-0.3, -0.25) is 9.59 Å². The monoisotopic (exact) mass is 576 g/mol. The Morgan fingerprint density at radius 3 is 1.83 bits per heavy atom. The summed E-state index contributed by atoms with van der Waals surface area (Å²) >= 11 is 0. The number of rotatable bonds is 1. The van der Waals surface area contributed by atoms with E-state index >= 15 is 0 Å². The van der Waals surface area contributed by atoms with Crippen molar-refractivity contribution in [2.45, 2.75) is 136 Å². The number of aliphatic hydroxyl groups is 2. The van der Waals surface area contributed by atoms with Crippen LogP contribution in [-0.4, -0.2) is 34.0 Å². The van der Waals surface area contributed by atoms with E-state index in [1.165, 1.54) is 18.4 Å². The first-order chi connectivity index (χ1) is 19.9. The summed E-state index contributed by atoms with van der Waals surface area (Å²) in [4.78, 5) is 27.2. The van der Waals surface area contributed by atoms with Crippen LogP contribution in [0.5, 0.6) is 0 Å². The van der Waals surface area contributed by atoms with Gasteiger partial charge in [0.05, 0.1) is 12.2 Å². The largest absolute Gasteiger partial charge is 0.393 e. The molecule has 15 atom stereocenters. The van der Waals surface area contributed by atoms with E-state index in [9.17, 15) is 19.8 Å². The predicted molar refractivity (Wildman–Crippen MR) is 163 cm³/mol. The van der Waals surface area contributed by atoms with Crippen molar-refractivity contribution < 1.29 is 19.8 Å². The van der Waals surface area contributed by atoms with Crippen LogP contribution in [0.15, 0.2) is 11.6 Å². The van der Waals surface area contributed by atoms with Gasteiger partial charge in [-0.25, -0.2) is 0 Å². The Hall–Kier alpha value is -1.00. The number of carbonyl (C=O) groups excluding carboxylic acids is 2. The SMILES string of the molecule is C[C@]12C(CC[C@@H]3[C@@H]1CC[C@]1(C)[C@@H](O)CC[C@@H]31)CC(=O)CC2C1=CC(=O)CC2CC[C@@H]3[C@@H](CC[C@]4(C)C(O)CC[C@@H]34)[C@@]12C. The first-order valence-corrected chi connectivity index (χ1v) is 18.0. The molecule has 42 heavy (non-hydrogen) atoms. The van der Waals surface area contributed by atoms with Crippen molar-refractivity contribution in [2.24, 2.45) is 74.9 Å². The summed E-state index contributed by atoms with van der Waals surface area (Å²) in [5.41, 5.74) is 1.51. The fraction of sp³-hybridized carbons (Fsp3) is 0.895. The van der Waals surface area contributed by atoms with Gasteiger partial charge in [-0.05, 0) is 158 Å². The summed E-state index contributed by atoms with van der Waals surface area (Å²) in [6.45, 7) is 9.85. The number of hydrogen-bond acceptors (Lipinski definition) is 4. The van der Waals surface area contributed by atoms with Gasteiger partial charge in [0.1, 0.15) is 5.78 Å². The standard InChI is InChI=1S/C38H56O4/c1-35-15-13-29-25(27(35)9-11-33(35)41)7-5-21-17-23(39)19-31(37(21,29)3)32-20-24(40)18-22-6-8-26-28-10-12-34(42)36(28,2)16-14-30(26)38(22,32)4/h19,21-22,25-30,32-34,41-42H,5-18,20H2,1-4H3/t21?,22?,25-,26-,27-,28-,29+,30-,32?,33?,34-,35-,36-,37-,38-/m0/s1. The molecule has 4 unspecified atom stereocenters. The maximum atomic E-state index is 13.6. The van der Waals surface area contributed by atoms with E-state index in [2.05, 4.69) is 33.8 Å². The zero-order valence-corrected chi connectivity index (χ0v) is 26.7. The van der Waals surface area contributed by atoms with Crippen LogP contribution in [0.25, 0.3) is 0 Å². The number of carbonyl (C=O) groups is 2. The molecule has 8 rings (SSSR count). The van der Waals surface area contributed by atoms with Gasteiger partial charge in [-0.15, -0.1) is 0 Å². The molecule has 0 heterocycles. The second kappa shape index (κ2) is 9.27. The van der Waals surface area contributed by atoms with E-state index in [1.807, 2.05) is 0 Å². The highest BCUT2D eigenvalue weighted by Crippen LogP contribution is 2.72. The minimum atomic E-state index is -0.169. The zero-order valence-electron chi connectivity index (χ0n) is 26.7. The number of aliphatic hydroxyl groups excluding tert-OH is 2. The smallest absolute Gasteiger partial charge is 0.155 e. The molecular formula is C38H56O4. The molecule has 4 nitrogen and oxygen atoms in total. The number of allylic oxidation sites excluding steroid dienone is 2. The molecule has 8 aliphatic carbocycles. The molecule has 0 radical (unpaired) electrons. The van der Waals surface area contributed by atoms with Crippen molar-refractivity contribution in [3.8, 4) is 0 Å². The highest BCUT2D eigenvalue weighted by Gasteiger charge is 2.67. The molecule has 0 aromatic rings. The molecule has 0 amide bonds. The van der Waals surface area contributed by atoms with Crippen LogP contribution in [-0.2, 0) is 9.59 Å². The van der Waals surface area contributed by atoms with Gasteiger partial charge in [0, 0.05) is 19.3 Å². The van der Waals surface area contributed by atoms with Crippen molar-refractivity contribution in [3.63, 3.8) is 0 Å². The van der Waals surface area contributed by atoms with Crippen molar-refractivity contribution in [3.05, 3.63) is 11.6 Å². The maximum absolute atomic E-state index is 13.6. The fourth-order valence-electron chi connectivity index (χ4n) is 14.8. The van der Waals surface area contributed by atoms with Gasteiger partial charge in [0.15, 0.2) is 5.78 Å². The van der Waals surface area contributed by atoms with Crippen LogP contribution in [0.1, 0.15) is 124 Å².